The predicted octanol–water partition coefficient (Wildman–Crippen LogP) is 6.10. The van der Waals surface area contributed by atoms with Crippen LogP contribution in [-0.2, 0) is 0 Å². The number of hydrogen-bond donors (Lipinski definition) is 1. The third-order valence-corrected chi connectivity index (χ3v) is 4.56. The molecule has 1 aromatic heterocycles. The Morgan fingerprint density at radius 3 is 2.72 bits per heavy atom. The number of carbonyl (C=O) groups excluding carboxylic acids is 1. The highest BCUT2D eigenvalue weighted by atomic mass is 35.5. The molecule has 0 fully saturated rings. The maximum atomic E-state index is 12.7. The Balaban J connectivity index is 0.00000249. The minimum Gasteiger partial charge on any atom is -0.491 e. The van der Waals surface area contributed by atoms with Crippen molar-refractivity contribution in [2.24, 2.45) is 0 Å². The SMILES string of the molecule is C=C(CCCOc1ccnc(NSC)n1)C(=O)c1cc(Cl)c(OCCC)c(C#N)c1.CC. The molecular formula is C23H29ClN4O3S. The van der Waals surface area contributed by atoms with Crippen LogP contribution in [0.1, 0.15) is 56.0 Å². The number of nitrogens with zero attached hydrogens (tertiary/aromatic N) is 3. The van der Waals surface area contributed by atoms with Gasteiger partial charge in [0.05, 0.1) is 23.8 Å². The van der Waals surface area contributed by atoms with E-state index in [4.69, 9.17) is 21.1 Å². The summed E-state index contributed by atoms with van der Waals surface area (Å²) in [7, 11) is 0. The number of carbonyl (C=O) groups is 1. The van der Waals surface area contributed by atoms with Crippen molar-refractivity contribution >= 4 is 35.3 Å². The molecule has 1 heterocycles. The van der Waals surface area contributed by atoms with Gasteiger partial charge >= 0.3 is 0 Å². The number of rotatable bonds is 12. The van der Waals surface area contributed by atoms with Gasteiger partial charge in [-0.15, -0.1) is 0 Å². The van der Waals surface area contributed by atoms with Crippen LogP contribution in [0.15, 0.2) is 36.5 Å². The van der Waals surface area contributed by atoms with Gasteiger partial charge in [-0.05, 0) is 37.0 Å². The third-order valence-electron chi connectivity index (χ3n) is 3.89. The van der Waals surface area contributed by atoms with Crippen LogP contribution >= 0.6 is 23.5 Å². The Morgan fingerprint density at radius 1 is 1.31 bits per heavy atom. The normalized spacial score (nSPS) is 9.75. The molecule has 0 spiro atoms. The molecule has 9 heteroatoms. The van der Waals surface area contributed by atoms with E-state index in [2.05, 4.69) is 21.3 Å². The van der Waals surface area contributed by atoms with E-state index in [0.29, 0.717) is 54.8 Å². The largest absolute Gasteiger partial charge is 0.491 e. The summed E-state index contributed by atoms with van der Waals surface area (Å²) in [5.41, 5.74) is 0.956. The first-order valence-electron chi connectivity index (χ1n) is 10.3. The summed E-state index contributed by atoms with van der Waals surface area (Å²) < 4.78 is 14.1. The molecule has 0 bridgehead atoms. The van der Waals surface area contributed by atoms with Crippen LogP contribution in [-0.4, -0.2) is 35.2 Å². The predicted molar refractivity (Wildman–Crippen MR) is 131 cm³/mol. The topological polar surface area (TPSA) is 97.1 Å². The number of ether oxygens (including phenoxy) is 2. The van der Waals surface area contributed by atoms with Crippen LogP contribution in [0.25, 0.3) is 0 Å². The fourth-order valence-corrected chi connectivity index (χ4v) is 3.06. The minimum absolute atomic E-state index is 0.230. The van der Waals surface area contributed by atoms with Gasteiger partial charge in [-0.2, -0.15) is 10.2 Å². The number of anilines is 1. The molecule has 2 aromatic rings. The Kier molecular flexibility index (Phi) is 12.9. The van der Waals surface area contributed by atoms with Crippen molar-refractivity contribution in [1.82, 2.24) is 9.97 Å². The van der Waals surface area contributed by atoms with Gasteiger partial charge in [0, 0.05) is 24.1 Å². The molecule has 0 saturated heterocycles. The zero-order chi connectivity index (χ0) is 23.9. The second-order valence-electron chi connectivity index (χ2n) is 6.20. The fourth-order valence-electron chi connectivity index (χ4n) is 2.50. The Morgan fingerprint density at radius 2 is 2.06 bits per heavy atom. The number of hydrogen-bond acceptors (Lipinski definition) is 8. The summed E-state index contributed by atoms with van der Waals surface area (Å²) in [6.45, 7) is 10.6. The van der Waals surface area contributed by atoms with Crippen molar-refractivity contribution < 1.29 is 14.3 Å². The molecule has 2 rings (SSSR count). The zero-order valence-corrected chi connectivity index (χ0v) is 20.5. The summed E-state index contributed by atoms with van der Waals surface area (Å²) in [6, 6.07) is 6.70. The number of Topliss-reactive ketones (excluding diaryl/α,β-unsaturated/α-hetero) is 1. The van der Waals surface area contributed by atoms with Crippen molar-refractivity contribution in [2.75, 3.05) is 24.2 Å². The van der Waals surface area contributed by atoms with E-state index in [0.717, 1.165) is 6.42 Å². The van der Waals surface area contributed by atoms with E-state index in [1.54, 1.807) is 12.3 Å². The van der Waals surface area contributed by atoms with E-state index < -0.39 is 0 Å². The van der Waals surface area contributed by atoms with Crippen molar-refractivity contribution in [3.8, 4) is 17.7 Å². The van der Waals surface area contributed by atoms with Gasteiger partial charge < -0.3 is 9.47 Å². The van der Waals surface area contributed by atoms with E-state index in [1.807, 2.05) is 33.1 Å². The van der Waals surface area contributed by atoms with Crippen molar-refractivity contribution in [3.05, 3.63) is 52.7 Å². The first kappa shape index (κ1) is 27.3. The highest BCUT2D eigenvalue weighted by Crippen LogP contribution is 2.31. The molecule has 0 aliphatic carbocycles. The Labute approximate surface area is 199 Å². The van der Waals surface area contributed by atoms with Gasteiger partial charge in [-0.1, -0.05) is 50.9 Å². The summed E-state index contributed by atoms with van der Waals surface area (Å²) in [5.74, 6) is 0.962. The lowest BCUT2D eigenvalue weighted by molar-refractivity contribution is 0.103. The molecule has 1 aromatic carbocycles. The van der Waals surface area contributed by atoms with Crippen LogP contribution < -0.4 is 14.2 Å². The summed E-state index contributed by atoms with van der Waals surface area (Å²) in [5, 5.41) is 9.60. The molecule has 0 atom stereocenters. The first-order valence-corrected chi connectivity index (χ1v) is 11.9. The maximum absolute atomic E-state index is 12.7. The molecule has 172 valence electrons. The molecule has 0 unspecified atom stereocenters. The smallest absolute Gasteiger partial charge is 0.236 e. The van der Waals surface area contributed by atoms with Crippen LogP contribution in [0.2, 0.25) is 5.02 Å². The van der Waals surface area contributed by atoms with Crippen LogP contribution in [0.4, 0.5) is 5.95 Å². The van der Waals surface area contributed by atoms with Gasteiger partial charge in [0.1, 0.15) is 6.07 Å². The van der Waals surface area contributed by atoms with Gasteiger partial charge in [-0.25, -0.2) is 4.98 Å². The second-order valence-corrected chi connectivity index (χ2v) is 7.22. The van der Waals surface area contributed by atoms with Crippen LogP contribution in [0, 0.1) is 11.3 Å². The number of allylic oxidation sites excluding steroid dienone is 1. The summed E-state index contributed by atoms with van der Waals surface area (Å²) in [4.78, 5) is 21.0. The van der Waals surface area contributed by atoms with E-state index in [9.17, 15) is 10.1 Å². The molecule has 1 N–H and O–H groups in total. The number of aromatic nitrogens is 2. The van der Waals surface area contributed by atoms with Crippen molar-refractivity contribution in [1.29, 1.82) is 5.26 Å². The third kappa shape index (κ3) is 8.40. The van der Waals surface area contributed by atoms with E-state index in [-0.39, 0.29) is 16.4 Å². The quantitative estimate of drug-likeness (QED) is 0.170. The van der Waals surface area contributed by atoms with Gasteiger partial charge in [-0.3, -0.25) is 9.52 Å². The lowest BCUT2D eigenvalue weighted by atomic mass is 9.99. The van der Waals surface area contributed by atoms with E-state index >= 15 is 0 Å². The number of ketones is 1. The fraction of sp³-hybridized carbons (Fsp3) is 0.391. The van der Waals surface area contributed by atoms with Crippen molar-refractivity contribution in [3.63, 3.8) is 0 Å². The monoisotopic (exact) mass is 476 g/mol. The van der Waals surface area contributed by atoms with Crippen LogP contribution in [0.3, 0.4) is 0 Å². The minimum atomic E-state index is -0.260. The highest BCUT2D eigenvalue weighted by Gasteiger charge is 2.17. The summed E-state index contributed by atoms with van der Waals surface area (Å²) in [6.07, 6.45) is 5.28. The average molecular weight is 477 g/mol. The van der Waals surface area contributed by atoms with E-state index in [1.165, 1.54) is 24.1 Å². The lowest BCUT2D eigenvalue weighted by Gasteiger charge is -2.12. The molecule has 32 heavy (non-hydrogen) atoms. The first-order chi connectivity index (χ1) is 15.5. The number of halogens is 1. The summed E-state index contributed by atoms with van der Waals surface area (Å²) >= 11 is 7.62. The molecule has 0 aliphatic rings. The zero-order valence-electron chi connectivity index (χ0n) is 18.9. The molecular weight excluding hydrogens is 448 g/mol. The van der Waals surface area contributed by atoms with Crippen molar-refractivity contribution in [2.45, 2.75) is 40.0 Å². The molecule has 0 amide bonds. The maximum Gasteiger partial charge on any atom is 0.236 e. The lowest BCUT2D eigenvalue weighted by Crippen LogP contribution is -2.07. The Bertz CT molecular complexity index is 947. The molecule has 0 radical (unpaired) electrons. The standard InChI is InChI=1S/C21H23ClN4O3S.C2H6/c1-4-9-29-20-16(13-23)11-15(12-17(20)22)19(27)14(2)6-5-10-28-18-7-8-24-21(25-18)26-30-3;1-2/h7-8,11-12H,2,4-6,9-10H2,1,3H3,(H,24,25,26);1-2H3. The highest BCUT2D eigenvalue weighted by molar-refractivity contribution is 7.99. The van der Waals surface area contributed by atoms with Gasteiger partial charge in [0.25, 0.3) is 0 Å². The molecule has 0 aliphatic heterocycles. The number of nitrogens with one attached hydrogen (secondary N) is 1. The van der Waals surface area contributed by atoms with Gasteiger partial charge in [0.15, 0.2) is 11.5 Å². The number of benzene rings is 1. The van der Waals surface area contributed by atoms with Gasteiger partial charge in [0.2, 0.25) is 11.8 Å². The number of nitriles is 1. The Hall–Kier alpha value is -2.76. The molecule has 0 saturated carbocycles. The second kappa shape index (κ2) is 15.1. The average Bonchev–Trinajstić information content (AvgIpc) is 2.81. The molecule has 7 nitrogen and oxygen atoms in total. The van der Waals surface area contributed by atoms with Crippen LogP contribution in [0.5, 0.6) is 11.6 Å².